The van der Waals surface area contributed by atoms with E-state index in [1.54, 1.807) is 0 Å². The third-order valence-corrected chi connectivity index (χ3v) is 24.6. The van der Waals surface area contributed by atoms with E-state index in [1.165, 1.54) is 117 Å². The van der Waals surface area contributed by atoms with Gasteiger partial charge >= 0.3 is 0 Å². The zero-order chi connectivity index (χ0) is 70.5. The van der Waals surface area contributed by atoms with Crippen LogP contribution < -0.4 is 5.32 Å². The maximum Gasteiger partial charge on any atom is 0.160 e. The highest BCUT2D eigenvalue weighted by Gasteiger charge is 2.57. The summed E-state index contributed by atoms with van der Waals surface area (Å²) >= 11 is 0. The van der Waals surface area contributed by atoms with Crippen molar-refractivity contribution in [2.45, 2.75) is 67.9 Å². The first kappa shape index (κ1) is 62.0. The Balaban J connectivity index is 0.735. The van der Waals surface area contributed by atoms with Gasteiger partial charge in [-0.1, -0.05) is 330 Å². The Kier molecular flexibility index (Phi) is 13.9. The number of hydrogen-bond donors (Lipinski definition) is 1. The summed E-state index contributed by atoms with van der Waals surface area (Å²) in [5, 5.41) is 4.86. The third kappa shape index (κ3) is 9.04. The van der Waals surface area contributed by atoms with E-state index in [-0.39, 0.29) is 11.6 Å². The Morgan fingerprint density at radius 1 is 0.368 bits per heavy atom. The molecule has 1 aliphatic heterocycles. The Morgan fingerprint density at radius 3 is 1.63 bits per heavy atom. The molecule has 2 heterocycles. The van der Waals surface area contributed by atoms with E-state index in [1.807, 2.05) is 0 Å². The van der Waals surface area contributed by atoms with E-state index in [9.17, 15) is 0 Å². The molecule has 502 valence electrons. The fraction of sp³-hybridized carbons (Fsp3) is 0.108. The standard InChI is InChI=1S/C102H74N4/c1-99(2)83-41-16-20-45-87(83)101(88-46-21-17-42-84(88)99)80-39-14-10-34-75(80)79-62-69(56-57-82(79)101)72-58-64(59-73(61-72)98-104-93-51-25-13-37-78(93)96(106-98)68-54-52-66(53-55-68)65-28-6-4-7-29-65)63-100(3)85-43-18-22-47-89(85)102(90-48-23-19-44-86(90)100)81-40-15-11-35-76(81)94-74(38-27-49-91(94)102)70-32-26-33-71(60-70)97-103-92-50-24-12-36-77(92)95(105-97)67-30-8-5-9-31-67/h4-14,16-39,41-62,97,103H,15,40,63H2,1-3H3. The van der Waals surface area contributed by atoms with Gasteiger partial charge in [0, 0.05) is 44.2 Å². The first-order valence-corrected chi connectivity index (χ1v) is 37.5. The van der Waals surface area contributed by atoms with Crippen LogP contribution in [0.4, 0.5) is 5.69 Å². The first-order valence-electron chi connectivity index (χ1n) is 37.5. The zero-order valence-corrected chi connectivity index (χ0v) is 59.4. The molecule has 0 amide bonds. The number of rotatable bonds is 9. The summed E-state index contributed by atoms with van der Waals surface area (Å²) in [6.45, 7) is 7.33. The predicted octanol–water partition coefficient (Wildman–Crippen LogP) is 24.2. The average molecular weight is 1360 g/mol. The number of nitrogens with zero attached hydrogens (tertiary/aromatic N) is 3. The van der Waals surface area contributed by atoms with Gasteiger partial charge in [-0.15, -0.1) is 0 Å². The molecule has 0 saturated carbocycles. The van der Waals surface area contributed by atoms with E-state index >= 15 is 0 Å². The third-order valence-electron chi connectivity index (χ3n) is 24.6. The number of aliphatic imine (C=N–C) groups is 1. The largest absolute Gasteiger partial charge is 0.360 e. The number of benzene rings is 14. The van der Waals surface area contributed by atoms with Gasteiger partial charge in [0.1, 0.15) is 6.17 Å². The minimum absolute atomic E-state index is 0.196. The highest BCUT2D eigenvalue weighted by molar-refractivity contribution is 6.17. The lowest BCUT2D eigenvalue weighted by molar-refractivity contribution is 0.507. The number of fused-ring (bicyclic) bond motifs is 19. The second-order valence-corrected chi connectivity index (χ2v) is 30.5. The van der Waals surface area contributed by atoms with Crippen molar-refractivity contribution < 1.29 is 0 Å². The van der Waals surface area contributed by atoms with Crippen molar-refractivity contribution in [3.05, 3.63) is 440 Å². The summed E-state index contributed by atoms with van der Waals surface area (Å²) in [6, 6.07) is 125. The number of allylic oxidation sites excluding steroid dienone is 4. The molecular weight excluding hydrogens is 1280 g/mol. The van der Waals surface area contributed by atoms with Crippen molar-refractivity contribution >= 4 is 27.9 Å². The topological polar surface area (TPSA) is 50.2 Å². The van der Waals surface area contributed by atoms with Crippen molar-refractivity contribution in [1.29, 1.82) is 0 Å². The molecule has 4 nitrogen and oxygen atoms in total. The highest BCUT2D eigenvalue weighted by atomic mass is 15.1. The maximum atomic E-state index is 5.71. The van der Waals surface area contributed by atoms with Gasteiger partial charge < -0.3 is 5.32 Å². The van der Waals surface area contributed by atoms with E-state index in [0.29, 0.717) is 12.2 Å². The van der Waals surface area contributed by atoms with Gasteiger partial charge in [-0.3, -0.25) is 4.99 Å². The minimum atomic E-state index is -0.561. The summed E-state index contributed by atoms with van der Waals surface area (Å²) in [5.74, 6) is 0.694. The van der Waals surface area contributed by atoms with Crippen LogP contribution in [0.2, 0.25) is 0 Å². The van der Waals surface area contributed by atoms with Gasteiger partial charge in [-0.2, -0.15) is 0 Å². The van der Waals surface area contributed by atoms with Crippen LogP contribution in [0.25, 0.3) is 83.6 Å². The smallest absolute Gasteiger partial charge is 0.160 e. The Morgan fingerprint density at radius 2 is 0.906 bits per heavy atom. The number of anilines is 1. The molecule has 4 heteroatoms. The normalized spacial score (nSPS) is 17.4. The fourth-order valence-electron chi connectivity index (χ4n) is 20.0. The monoisotopic (exact) mass is 1350 g/mol. The molecule has 1 atom stereocenters. The highest BCUT2D eigenvalue weighted by Crippen LogP contribution is 2.66. The van der Waals surface area contributed by atoms with Gasteiger partial charge in [0.25, 0.3) is 0 Å². The van der Waals surface area contributed by atoms with E-state index < -0.39 is 16.2 Å². The molecule has 21 rings (SSSR count). The summed E-state index contributed by atoms with van der Waals surface area (Å²) in [7, 11) is 0. The van der Waals surface area contributed by atoms with Gasteiger partial charge in [0.05, 0.1) is 27.8 Å². The number of aromatic nitrogens is 2. The first-order chi connectivity index (χ1) is 52.2. The maximum absolute atomic E-state index is 5.71. The summed E-state index contributed by atoms with van der Waals surface area (Å²) < 4.78 is 0. The molecule has 0 bridgehead atoms. The minimum Gasteiger partial charge on any atom is -0.360 e. The second-order valence-electron chi connectivity index (χ2n) is 30.5. The summed E-state index contributed by atoms with van der Waals surface area (Å²) in [6.07, 6.45) is 7.20. The molecule has 0 radical (unpaired) electrons. The van der Waals surface area contributed by atoms with Crippen LogP contribution in [0.5, 0.6) is 0 Å². The van der Waals surface area contributed by atoms with Crippen LogP contribution in [-0.4, -0.2) is 15.7 Å². The van der Waals surface area contributed by atoms with Crippen LogP contribution in [0, 0.1) is 0 Å². The molecule has 2 spiro atoms. The molecular formula is C102H74N4. The molecule has 1 aromatic heterocycles. The van der Waals surface area contributed by atoms with Crippen molar-refractivity contribution in [2.75, 3.05) is 5.32 Å². The SMILES string of the molecule is CC1(C)c2ccccc2C2(c3ccccc3-c3cc(-c4cc(CC5(C)c6ccccc6C6(C7=C(C=CCC7)c7c(-c8cccc(C9N=C(c%10ccccc%10)c%10ccccc%10N9)c8)cccc76)c6ccccc65)cc(-c5nc(-c6ccc(-c7ccccc7)cc6)c6ccccc6n5)c4)ccc32)c2ccccc21. The van der Waals surface area contributed by atoms with Crippen LogP contribution >= 0.6 is 0 Å². The predicted molar refractivity (Wildman–Crippen MR) is 436 cm³/mol. The Hall–Kier alpha value is -12.6. The molecule has 14 aromatic carbocycles. The molecule has 0 fully saturated rings. The van der Waals surface area contributed by atoms with Crippen molar-refractivity contribution in [2.24, 2.45) is 4.99 Å². The molecule has 0 saturated heterocycles. The van der Waals surface area contributed by atoms with E-state index in [4.69, 9.17) is 15.0 Å². The zero-order valence-electron chi connectivity index (χ0n) is 59.4. The Bertz CT molecular complexity index is 6170. The lowest BCUT2D eigenvalue weighted by Gasteiger charge is -2.49. The molecule has 1 N–H and O–H groups in total. The van der Waals surface area contributed by atoms with Gasteiger partial charge in [-0.25, -0.2) is 9.97 Å². The Labute approximate surface area is 619 Å². The van der Waals surface area contributed by atoms with Crippen molar-refractivity contribution in [3.63, 3.8) is 0 Å². The molecule has 5 aliphatic carbocycles. The number of hydrogen-bond acceptors (Lipinski definition) is 4. The molecule has 6 aliphatic rings. The number of nitrogens with one attached hydrogen (secondary N) is 1. The second kappa shape index (κ2) is 23.7. The number of para-hydroxylation sites is 2. The fourth-order valence-corrected chi connectivity index (χ4v) is 20.0. The van der Waals surface area contributed by atoms with Gasteiger partial charge in [0.2, 0.25) is 0 Å². The van der Waals surface area contributed by atoms with Crippen LogP contribution in [0.3, 0.4) is 0 Å². The van der Waals surface area contributed by atoms with Crippen LogP contribution in [0.1, 0.15) is 129 Å². The van der Waals surface area contributed by atoms with Gasteiger partial charge in [0.15, 0.2) is 5.82 Å². The quantitative estimate of drug-likeness (QED) is 0.157. The lowest BCUT2D eigenvalue weighted by Crippen LogP contribution is -2.43. The average Bonchev–Trinajstić information content (AvgIpc) is 1.46. The molecule has 15 aromatic rings. The molecule has 1 unspecified atom stereocenters. The van der Waals surface area contributed by atoms with Crippen LogP contribution in [0.15, 0.2) is 356 Å². The summed E-state index contributed by atoms with van der Waals surface area (Å²) in [5.41, 5.74) is 37.2. The lowest BCUT2D eigenvalue weighted by atomic mass is 9.53. The van der Waals surface area contributed by atoms with E-state index in [0.717, 1.165) is 79.8 Å². The van der Waals surface area contributed by atoms with Gasteiger partial charge in [-0.05, 0) is 189 Å². The molecule has 106 heavy (non-hydrogen) atoms. The van der Waals surface area contributed by atoms with E-state index in [2.05, 4.69) is 372 Å². The van der Waals surface area contributed by atoms with Crippen molar-refractivity contribution in [3.8, 4) is 67.2 Å². The van der Waals surface area contributed by atoms with Crippen LogP contribution in [-0.2, 0) is 28.1 Å². The van der Waals surface area contributed by atoms with Crippen molar-refractivity contribution in [1.82, 2.24) is 9.97 Å². The summed E-state index contributed by atoms with van der Waals surface area (Å²) in [4.78, 5) is 16.8.